The number of nitrogens with one attached hydrogen (secondary N) is 1. The van der Waals surface area contributed by atoms with Gasteiger partial charge in [-0.2, -0.15) is 4.74 Å². The molecule has 0 aromatic heterocycles. The first-order chi connectivity index (χ1) is 11.1. The maximum atomic E-state index is 14.3. The van der Waals surface area contributed by atoms with Crippen molar-refractivity contribution in [3.8, 4) is 12.3 Å². The van der Waals surface area contributed by atoms with Gasteiger partial charge in [0.25, 0.3) is 0 Å². The topological polar surface area (TPSA) is 50.5 Å². The fourth-order valence-corrected chi connectivity index (χ4v) is 2.51. The molecule has 0 amide bonds. The van der Waals surface area contributed by atoms with Crippen LogP contribution >= 0.6 is 0 Å². The zero-order chi connectivity index (χ0) is 16.4. The molecule has 0 bridgehead atoms. The second-order valence-corrected chi connectivity index (χ2v) is 5.05. The van der Waals surface area contributed by atoms with Crippen LogP contribution in [0.25, 0.3) is 0 Å². The van der Waals surface area contributed by atoms with Gasteiger partial charge in [0.2, 0.25) is 12.3 Å². The quantitative estimate of drug-likeness (QED) is 0.500. The highest BCUT2D eigenvalue weighted by molar-refractivity contribution is 6.14. The first kappa shape index (κ1) is 14.8. The number of hydroxylamine groups is 1. The molecule has 0 fully saturated rings. The molecule has 5 heteroatoms. The van der Waals surface area contributed by atoms with E-state index in [1.807, 2.05) is 0 Å². The third kappa shape index (κ3) is 2.67. The second-order valence-electron chi connectivity index (χ2n) is 5.05. The maximum Gasteiger partial charge on any atom is 0.231 e. The van der Waals surface area contributed by atoms with Crippen molar-refractivity contribution in [2.24, 2.45) is 4.99 Å². The van der Waals surface area contributed by atoms with Gasteiger partial charge in [-0.25, -0.2) is 9.38 Å². The van der Waals surface area contributed by atoms with Crippen molar-refractivity contribution in [3.63, 3.8) is 0 Å². The average Bonchev–Trinajstić information content (AvgIpc) is 2.70. The number of aliphatic imine (C=N–C) groups is 1. The number of rotatable bonds is 1. The molecule has 0 saturated heterocycles. The molecule has 0 unspecified atom stereocenters. The lowest BCUT2D eigenvalue weighted by Gasteiger charge is -2.11. The Morgan fingerprint density at radius 1 is 1.26 bits per heavy atom. The van der Waals surface area contributed by atoms with Crippen molar-refractivity contribution in [1.82, 2.24) is 5.32 Å². The second kappa shape index (κ2) is 5.93. The number of likely N-dealkylation sites (N-methyl/N-ethyl adjacent to an activating group) is 1. The molecule has 0 spiro atoms. The lowest BCUT2D eigenvalue weighted by Crippen LogP contribution is -2.29. The third-order valence-electron chi connectivity index (χ3n) is 3.63. The van der Waals surface area contributed by atoms with Crippen molar-refractivity contribution in [1.29, 1.82) is 0 Å². The van der Waals surface area contributed by atoms with Crippen molar-refractivity contribution >= 4 is 17.2 Å². The maximum absolute atomic E-state index is 14.3. The summed E-state index contributed by atoms with van der Waals surface area (Å²) in [5, 5.41) is 15.5. The largest absolute Gasteiger partial charge is 0.623 e. The fraction of sp³-hybridized carbons (Fsp3) is 0.111. The van der Waals surface area contributed by atoms with Gasteiger partial charge in [-0.05, 0) is 30.3 Å². The van der Waals surface area contributed by atoms with Gasteiger partial charge in [0, 0.05) is 12.6 Å². The van der Waals surface area contributed by atoms with E-state index in [0.717, 1.165) is 4.74 Å². The van der Waals surface area contributed by atoms with E-state index in [9.17, 15) is 9.60 Å². The summed E-state index contributed by atoms with van der Waals surface area (Å²) in [6, 6.07) is 11.3. The predicted molar refractivity (Wildman–Crippen MR) is 88.6 cm³/mol. The number of hydrogen-bond donors (Lipinski definition) is 1. The van der Waals surface area contributed by atoms with E-state index < -0.39 is 5.82 Å². The minimum Gasteiger partial charge on any atom is -0.623 e. The van der Waals surface area contributed by atoms with Crippen LogP contribution in [0.5, 0.6) is 0 Å². The van der Waals surface area contributed by atoms with E-state index in [4.69, 9.17) is 6.42 Å². The Hall–Kier alpha value is -3.13. The summed E-state index contributed by atoms with van der Waals surface area (Å²) in [5.41, 5.74) is 2.15. The Morgan fingerprint density at radius 3 is 2.74 bits per heavy atom. The van der Waals surface area contributed by atoms with E-state index in [0.29, 0.717) is 22.6 Å². The molecule has 2 aromatic rings. The van der Waals surface area contributed by atoms with Crippen molar-refractivity contribution in [3.05, 3.63) is 70.2 Å². The SMILES string of the molecule is C#Cc1ccc2c(c1)C(c1ccccc1F)=[N+]([O-])CC(NC)=N2. The van der Waals surface area contributed by atoms with Gasteiger partial charge in [0.05, 0.1) is 16.8 Å². The van der Waals surface area contributed by atoms with Crippen LogP contribution in [0.2, 0.25) is 0 Å². The number of hydrogen-bond acceptors (Lipinski definition) is 3. The van der Waals surface area contributed by atoms with Gasteiger partial charge in [0.1, 0.15) is 5.82 Å². The zero-order valence-corrected chi connectivity index (χ0v) is 12.5. The zero-order valence-electron chi connectivity index (χ0n) is 12.5. The molecule has 3 rings (SSSR count). The van der Waals surface area contributed by atoms with Crippen LogP contribution in [-0.2, 0) is 0 Å². The summed E-state index contributed by atoms with van der Waals surface area (Å²) in [5.74, 6) is 2.57. The Morgan fingerprint density at radius 2 is 2.04 bits per heavy atom. The van der Waals surface area contributed by atoms with Gasteiger partial charge in [-0.1, -0.05) is 18.1 Å². The summed E-state index contributed by atoms with van der Waals surface area (Å²) in [6.07, 6.45) is 5.45. The van der Waals surface area contributed by atoms with Crippen LogP contribution in [0.4, 0.5) is 10.1 Å². The lowest BCUT2D eigenvalue weighted by atomic mass is 9.98. The molecule has 114 valence electrons. The van der Waals surface area contributed by atoms with Crippen LogP contribution in [0.1, 0.15) is 16.7 Å². The van der Waals surface area contributed by atoms with E-state index >= 15 is 0 Å². The van der Waals surface area contributed by atoms with Crippen LogP contribution < -0.4 is 5.32 Å². The normalized spacial score (nSPS) is 13.7. The first-order valence-electron chi connectivity index (χ1n) is 7.07. The number of halogens is 1. The molecule has 0 saturated carbocycles. The summed E-state index contributed by atoms with van der Waals surface area (Å²) in [6.45, 7) is 0.000233. The van der Waals surface area contributed by atoms with E-state index in [-0.39, 0.29) is 17.8 Å². The number of amidine groups is 1. The lowest BCUT2D eigenvalue weighted by molar-refractivity contribution is -0.439. The molecular weight excluding hydrogens is 293 g/mol. The Labute approximate surface area is 133 Å². The molecule has 2 aromatic carbocycles. The minimum atomic E-state index is -0.465. The number of benzene rings is 2. The minimum absolute atomic E-state index is 0.000233. The van der Waals surface area contributed by atoms with E-state index in [1.165, 1.54) is 6.07 Å². The van der Waals surface area contributed by atoms with E-state index in [2.05, 4.69) is 16.2 Å². The molecule has 4 nitrogen and oxygen atoms in total. The molecule has 1 N–H and O–H groups in total. The molecule has 1 aliphatic rings. The molecular formula is C18H14FN3O. The van der Waals surface area contributed by atoms with Crippen molar-refractivity contribution in [2.45, 2.75) is 0 Å². The van der Waals surface area contributed by atoms with Gasteiger partial charge in [0.15, 0.2) is 5.84 Å². The van der Waals surface area contributed by atoms with Crippen molar-refractivity contribution < 1.29 is 9.13 Å². The van der Waals surface area contributed by atoms with Crippen LogP contribution in [0, 0.1) is 23.4 Å². The van der Waals surface area contributed by atoms with Gasteiger partial charge in [-0.15, -0.1) is 6.42 Å². The van der Waals surface area contributed by atoms with Crippen LogP contribution in [0.15, 0.2) is 47.5 Å². The first-order valence-corrected chi connectivity index (χ1v) is 7.07. The predicted octanol–water partition coefficient (Wildman–Crippen LogP) is 2.42. The Balaban J connectivity index is 2.32. The Kier molecular flexibility index (Phi) is 3.82. The monoisotopic (exact) mass is 307 g/mol. The van der Waals surface area contributed by atoms with Crippen molar-refractivity contribution in [2.75, 3.05) is 13.6 Å². The van der Waals surface area contributed by atoms with Crippen LogP contribution in [0.3, 0.4) is 0 Å². The third-order valence-corrected chi connectivity index (χ3v) is 3.63. The molecule has 1 heterocycles. The molecule has 23 heavy (non-hydrogen) atoms. The van der Waals surface area contributed by atoms with Gasteiger partial charge in [-0.3, -0.25) is 0 Å². The van der Waals surface area contributed by atoms with Gasteiger partial charge >= 0.3 is 0 Å². The highest BCUT2D eigenvalue weighted by Gasteiger charge is 2.26. The molecule has 0 radical (unpaired) electrons. The highest BCUT2D eigenvalue weighted by atomic mass is 19.1. The van der Waals surface area contributed by atoms with Gasteiger partial charge < -0.3 is 10.5 Å². The fourth-order valence-electron chi connectivity index (χ4n) is 2.51. The summed E-state index contributed by atoms with van der Waals surface area (Å²) < 4.78 is 15.0. The van der Waals surface area contributed by atoms with E-state index in [1.54, 1.807) is 43.4 Å². The average molecular weight is 307 g/mol. The molecule has 0 aliphatic carbocycles. The molecule has 0 atom stereocenters. The number of terminal acetylenes is 1. The number of nitrogens with zero attached hydrogens (tertiary/aromatic N) is 2. The molecule has 1 aliphatic heterocycles. The smallest absolute Gasteiger partial charge is 0.231 e. The summed E-state index contributed by atoms with van der Waals surface area (Å²) in [7, 11) is 1.69. The standard InChI is InChI=1S/C18H14FN3O/c1-3-12-8-9-16-14(10-12)18(13-6-4-5-7-15(13)19)22(23)11-17(20-2)21-16/h1,4-10H,11H2,2H3,(H,20,21). The number of fused-ring (bicyclic) bond motifs is 1. The Bertz CT molecular complexity index is 878. The van der Waals surface area contributed by atoms with Crippen LogP contribution in [-0.4, -0.2) is 29.9 Å². The summed E-state index contributed by atoms with van der Waals surface area (Å²) in [4.78, 5) is 4.44. The summed E-state index contributed by atoms with van der Waals surface area (Å²) >= 11 is 0. The highest BCUT2D eigenvalue weighted by Crippen LogP contribution is 2.27.